The second-order valence-electron chi connectivity index (χ2n) is 4.50. The number of methoxy groups -OCH3 is 1. The van der Waals surface area contributed by atoms with Crippen molar-refractivity contribution in [1.29, 1.82) is 0 Å². The summed E-state index contributed by atoms with van der Waals surface area (Å²) in [7, 11) is 1.29. The number of benzene rings is 2. The first kappa shape index (κ1) is 14.6. The zero-order valence-electron chi connectivity index (χ0n) is 11.7. The molecule has 0 aliphatic carbocycles. The first-order chi connectivity index (χ1) is 10.0. The number of carbonyl (C=O) groups is 2. The number of nitrogens with one attached hydrogen (secondary N) is 1. The van der Waals surface area contributed by atoms with Crippen molar-refractivity contribution in [2.75, 3.05) is 12.4 Å². The molecule has 5 nitrogen and oxygen atoms in total. The molecule has 0 aliphatic heterocycles. The van der Waals surface area contributed by atoms with E-state index in [0.29, 0.717) is 16.8 Å². The molecule has 0 fully saturated rings. The van der Waals surface area contributed by atoms with Crippen LogP contribution in [-0.4, -0.2) is 24.1 Å². The number of aryl methyl sites for hydroxylation is 1. The minimum absolute atomic E-state index is 0.0564. The van der Waals surface area contributed by atoms with E-state index in [-0.39, 0.29) is 11.3 Å². The number of anilines is 1. The van der Waals surface area contributed by atoms with Crippen molar-refractivity contribution < 1.29 is 19.4 Å². The number of hydrogen-bond acceptors (Lipinski definition) is 4. The Hall–Kier alpha value is -2.82. The Morgan fingerprint density at radius 1 is 1.14 bits per heavy atom. The predicted molar refractivity (Wildman–Crippen MR) is 78.6 cm³/mol. The van der Waals surface area contributed by atoms with Crippen LogP contribution < -0.4 is 5.32 Å². The number of carbonyl (C=O) groups excluding carboxylic acids is 2. The van der Waals surface area contributed by atoms with E-state index < -0.39 is 11.9 Å². The molecule has 0 aromatic heterocycles. The number of esters is 1. The molecule has 108 valence electrons. The molecule has 0 bridgehead atoms. The number of amides is 1. The number of para-hydroxylation sites is 1. The van der Waals surface area contributed by atoms with Gasteiger partial charge in [-0.25, -0.2) is 4.79 Å². The summed E-state index contributed by atoms with van der Waals surface area (Å²) in [5.41, 5.74) is 1.58. The predicted octanol–water partition coefficient (Wildman–Crippen LogP) is 2.74. The third-order valence-electron chi connectivity index (χ3n) is 3.02. The van der Waals surface area contributed by atoms with E-state index in [9.17, 15) is 14.7 Å². The summed E-state index contributed by atoms with van der Waals surface area (Å²) in [5, 5.41) is 12.5. The van der Waals surface area contributed by atoms with Gasteiger partial charge in [-0.2, -0.15) is 0 Å². The molecular formula is C16H15NO4. The fraction of sp³-hybridized carbons (Fsp3) is 0.125. The van der Waals surface area contributed by atoms with Gasteiger partial charge in [-0.3, -0.25) is 4.79 Å². The third-order valence-corrected chi connectivity index (χ3v) is 3.02. The highest BCUT2D eigenvalue weighted by Crippen LogP contribution is 2.22. The van der Waals surface area contributed by atoms with E-state index in [0.717, 1.165) is 0 Å². The zero-order chi connectivity index (χ0) is 15.4. The van der Waals surface area contributed by atoms with Crippen LogP contribution >= 0.6 is 0 Å². The van der Waals surface area contributed by atoms with Crippen LogP contribution in [0, 0.1) is 6.92 Å². The molecule has 1 amide bonds. The van der Waals surface area contributed by atoms with Crippen molar-refractivity contribution in [3.05, 3.63) is 59.2 Å². The average molecular weight is 285 g/mol. The van der Waals surface area contributed by atoms with Gasteiger partial charge in [-0.15, -0.1) is 0 Å². The second-order valence-corrected chi connectivity index (χ2v) is 4.50. The van der Waals surface area contributed by atoms with Crippen LogP contribution in [0.1, 0.15) is 26.3 Å². The maximum Gasteiger partial charge on any atom is 0.337 e. The van der Waals surface area contributed by atoms with Gasteiger partial charge in [0.05, 0.1) is 18.2 Å². The Morgan fingerprint density at radius 2 is 1.86 bits per heavy atom. The number of hydrogen-bond donors (Lipinski definition) is 2. The highest BCUT2D eigenvalue weighted by Gasteiger charge is 2.13. The van der Waals surface area contributed by atoms with Gasteiger partial charge in [0, 0.05) is 5.69 Å². The molecule has 21 heavy (non-hydrogen) atoms. The molecule has 0 spiro atoms. The first-order valence-corrected chi connectivity index (χ1v) is 6.31. The van der Waals surface area contributed by atoms with E-state index in [1.54, 1.807) is 37.3 Å². The first-order valence-electron chi connectivity index (χ1n) is 6.31. The van der Waals surface area contributed by atoms with Gasteiger partial charge >= 0.3 is 5.97 Å². The Bertz CT molecular complexity index is 694. The van der Waals surface area contributed by atoms with Gasteiger partial charge in [0.1, 0.15) is 5.75 Å². The monoisotopic (exact) mass is 285 g/mol. The van der Waals surface area contributed by atoms with Crippen LogP contribution in [0.25, 0.3) is 0 Å². The molecule has 0 saturated heterocycles. The molecule has 2 aromatic rings. The minimum Gasteiger partial charge on any atom is -0.507 e. The van der Waals surface area contributed by atoms with Crippen LogP contribution in [0.5, 0.6) is 5.75 Å². The minimum atomic E-state index is -0.482. The smallest absolute Gasteiger partial charge is 0.337 e. The quantitative estimate of drug-likeness (QED) is 0.850. The van der Waals surface area contributed by atoms with Gasteiger partial charge in [0.25, 0.3) is 5.91 Å². The molecule has 5 heteroatoms. The van der Waals surface area contributed by atoms with Crippen molar-refractivity contribution in [3.8, 4) is 5.75 Å². The van der Waals surface area contributed by atoms with Gasteiger partial charge in [-0.05, 0) is 36.8 Å². The lowest BCUT2D eigenvalue weighted by Crippen LogP contribution is -2.13. The van der Waals surface area contributed by atoms with Gasteiger partial charge < -0.3 is 15.2 Å². The number of phenols is 1. The molecule has 0 unspecified atom stereocenters. The summed E-state index contributed by atoms with van der Waals surface area (Å²) in [6.07, 6.45) is 0. The summed E-state index contributed by atoms with van der Waals surface area (Å²) in [6, 6.07) is 11.3. The van der Waals surface area contributed by atoms with Crippen molar-refractivity contribution in [2.24, 2.45) is 0 Å². The number of aromatic hydroxyl groups is 1. The van der Waals surface area contributed by atoms with E-state index in [1.807, 2.05) is 0 Å². The Balaban J connectivity index is 2.24. The molecule has 0 radical (unpaired) electrons. The topological polar surface area (TPSA) is 75.6 Å². The van der Waals surface area contributed by atoms with E-state index in [4.69, 9.17) is 0 Å². The lowest BCUT2D eigenvalue weighted by molar-refractivity contribution is 0.0600. The maximum absolute atomic E-state index is 12.2. The molecular weight excluding hydrogens is 270 g/mol. The number of ether oxygens (including phenoxy) is 1. The average Bonchev–Trinajstić information content (AvgIpc) is 2.49. The van der Waals surface area contributed by atoms with Gasteiger partial charge in [0.15, 0.2) is 0 Å². The molecule has 0 heterocycles. The molecule has 2 rings (SSSR count). The fourth-order valence-corrected chi connectivity index (χ4v) is 1.88. The van der Waals surface area contributed by atoms with Crippen molar-refractivity contribution >= 4 is 17.6 Å². The molecule has 0 saturated carbocycles. The SMILES string of the molecule is COC(=O)c1cccc(NC(=O)c2cccc(C)c2O)c1. The fourth-order valence-electron chi connectivity index (χ4n) is 1.88. The summed E-state index contributed by atoms with van der Waals surface area (Å²) in [4.78, 5) is 23.6. The summed E-state index contributed by atoms with van der Waals surface area (Å²) >= 11 is 0. The van der Waals surface area contributed by atoms with E-state index in [2.05, 4.69) is 10.1 Å². The summed E-state index contributed by atoms with van der Waals surface area (Å²) < 4.78 is 4.62. The highest BCUT2D eigenvalue weighted by atomic mass is 16.5. The van der Waals surface area contributed by atoms with Crippen LogP contribution in [0.15, 0.2) is 42.5 Å². The van der Waals surface area contributed by atoms with Gasteiger partial charge in [0.2, 0.25) is 0 Å². The molecule has 0 aliphatic rings. The number of rotatable bonds is 3. The lowest BCUT2D eigenvalue weighted by Gasteiger charge is -2.09. The van der Waals surface area contributed by atoms with Crippen molar-refractivity contribution in [2.45, 2.75) is 6.92 Å². The van der Waals surface area contributed by atoms with Crippen LogP contribution in [0.2, 0.25) is 0 Å². The zero-order valence-corrected chi connectivity index (χ0v) is 11.7. The highest BCUT2D eigenvalue weighted by molar-refractivity contribution is 6.06. The van der Waals surface area contributed by atoms with Crippen molar-refractivity contribution in [3.63, 3.8) is 0 Å². The van der Waals surface area contributed by atoms with Crippen LogP contribution in [0.3, 0.4) is 0 Å². The lowest BCUT2D eigenvalue weighted by atomic mass is 10.1. The molecule has 2 aromatic carbocycles. The standard InChI is InChI=1S/C16H15NO4/c1-10-5-3-8-13(14(10)18)15(19)17-12-7-4-6-11(9-12)16(20)21-2/h3-9,18H,1-2H3,(H,17,19). The Morgan fingerprint density at radius 3 is 2.57 bits per heavy atom. The second kappa shape index (κ2) is 6.09. The van der Waals surface area contributed by atoms with Crippen molar-refractivity contribution in [1.82, 2.24) is 0 Å². The largest absolute Gasteiger partial charge is 0.507 e. The summed E-state index contributed by atoms with van der Waals surface area (Å²) in [6.45, 7) is 1.71. The number of phenolic OH excluding ortho intramolecular Hbond substituents is 1. The molecule has 2 N–H and O–H groups in total. The van der Waals surface area contributed by atoms with Gasteiger partial charge in [-0.1, -0.05) is 18.2 Å². The summed E-state index contributed by atoms with van der Waals surface area (Å²) in [5.74, 6) is -0.984. The Labute approximate surface area is 122 Å². The molecule has 0 atom stereocenters. The van der Waals surface area contributed by atoms with Crippen LogP contribution in [-0.2, 0) is 4.74 Å². The van der Waals surface area contributed by atoms with E-state index in [1.165, 1.54) is 19.2 Å². The Kier molecular flexibility index (Phi) is 4.23. The maximum atomic E-state index is 12.2. The van der Waals surface area contributed by atoms with E-state index >= 15 is 0 Å². The third kappa shape index (κ3) is 3.20. The van der Waals surface area contributed by atoms with Crippen LogP contribution in [0.4, 0.5) is 5.69 Å². The normalized spacial score (nSPS) is 10.0.